The van der Waals surface area contributed by atoms with Gasteiger partial charge in [0.1, 0.15) is 5.54 Å². The van der Waals surface area contributed by atoms with Gasteiger partial charge in [-0.05, 0) is 19.3 Å². The molecule has 0 aromatic rings. The number of carboxylic acid groups (broad SMARTS) is 1. The quantitative estimate of drug-likeness (QED) is 0.752. The molecule has 0 radical (unpaired) electrons. The van der Waals surface area contributed by atoms with E-state index in [9.17, 15) is 9.59 Å². The summed E-state index contributed by atoms with van der Waals surface area (Å²) < 4.78 is 0. The Labute approximate surface area is 96.8 Å². The molecule has 0 aromatic carbocycles. The van der Waals surface area contributed by atoms with Crippen LogP contribution in [-0.2, 0) is 4.79 Å². The zero-order valence-electron chi connectivity index (χ0n) is 10.7. The van der Waals surface area contributed by atoms with Crippen molar-refractivity contribution in [2.75, 3.05) is 13.6 Å². The van der Waals surface area contributed by atoms with E-state index in [1.807, 2.05) is 13.8 Å². The number of nitrogens with zero attached hydrogens (tertiary/aromatic N) is 1. The number of carbonyl (C=O) groups is 2. The molecule has 0 saturated carbocycles. The van der Waals surface area contributed by atoms with Crippen LogP contribution in [0.3, 0.4) is 0 Å². The molecule has 0 spiro atoms. The fourth-order valence-corrected chi connectivity index (χ4v) is 1.26. The fraction of sp³-hybridized carbons (Fsp3) is 0.818. The summed E-state index contributed by atoms with van der Waals surface area (Å²) in [5, 5.41) is 11.5. The lowest BCUT2D eigenvalue weighted by molar-refractivity contribution is -0.143. The molecular weight excluding hydrogens is 208 g/mol. The van der Waals surface area contributed by atoms with Crippen molar-refractivity contribution in [3.05, 3.63) is 0 Å². The Bertz CT molecular complexity index is 266. The molecule has 2 amide bonds. The van der Waals surface area contributed by atoms with Crippen LogP contribution in [0, 0.1) is 5.92 Å². The molecule has 16 heavy (non-hydrogen) atoms. The van der Waals surface area contributed by atoms with Crippen LogP contribution < -0.4 is 5.32 Å². The highest BCUT2D eigenvalue weighted by atomic mass is 16.4. The minimum atomic E-state index is -1.19. The summed E-state index contributed by atoms with van der Waals surface area (Å²) in [5.41, 5.74) is -1.19. The van der Waals surface area contributed by atoms with E-state index >= 15 is 0 Å². The molecule has 5 nitrogen and oxygen atoms in total. The van der Waals surface area contributed by atoms with E-state index < -0.39 is 11.5 Å². The zero-order chi connectivity index (χ0) is 12.9. The highest BCUT2D eigenvalue weighted by Gasteiger charge is 2.33. The fourth-order valence-electron chi connectivity index (χ4n) is 1.26. The van der Waals surface area contributed by atoms with E-state index in [0.29, 0.717) is 18.9 Å². The number of hydrogen-bond donors (Lipinski definition) is 2. The van der Waals surface area contributed by atoms with Gasteiger partial charge >= 0.3 is 12.0 Å². The van der Waals surface area contributed by atoms with Gasteiger partial charge in [0.25, 0.3) is 0 Å². The molecule has 1 unspecified atom stereocenters. The highest BCUT2D eigenvalue weighted by Crippen LogP contribution is 2.10. The summed E-state index contributed by atoms with van der Waals surface area (Å²) in [7, 11) is 1.66. The van der Waals surface area contributed by atoms with Gasteiger partial charge in [0.15, 0.2) is 0 Å². The third-order valence-corrected chi connectivity index (χ3v) is 2.55. The van der Waals surface area contributed by atoms with Crippen LogP contribution in [0.25, 0.3) is 0 Å². The van der Waals surface area contributed by atoms with Crippen molar-refractivity contribution < 1.29 is 14.7 Å². The second kappa shape index (κ2) is 5.72. The van der Waals surface area contributed by atoms with Gasteiger partial charge in [0.05, 0.1) is 0 Å². The maximum atomic E-state index is 11.7. The van der Waals surface area contributed by atoms with Gasteiger partial charge in [0.2, 0.25) is 0 Å². The Hall–Kier alpha value is -1.26. The lowest BCUT2D eigenvalue weighted by Gasteiger charge is -2.28. The first-order chi connectivity index (χ1) is 7.23. The number of aliphatic carboxylic acids is 1. The van der Waals surface area contributed by atoms with Gasteiger partial charge in [-0.25, -0.2) is 9.59 Å². The monoisotopic (exact) mass is 230 g/mol. The number of carboxylic acids is 1. The smallest absolute Gasteiger partial charge is 0.329 e. The maximum absolute atomic E-state index is 11.7. The predicted octanol–water partition coefficient (Wildman–Crippen LogP) is 1.54. The van der Waals surface area contributed by atoms with Crippen molar-refractivity contribution >= 4 is 12.0 Å². The lowest BCUT2D eigenvalue weighted by atomic mass is 10.00. The third-order valence-electron chi connectivity index (χ3n) is 2.55. The van der Waals surface area contributed by atoms with E-state index in [4.69, 9.17) is 5.11 Å². The van der Waals surface area contributed by atoms with Crippen LogP contribution in [-0.4, -0.2) is 41.1 Å². The molecule has 0 aliphatic carbocycles. The number of urea groups is 1. The van der Waals surface area contributed by atoms with E-state index in [1.165, 1.54) is 11.8 Å². The summed E-state index contributed by atoms with van der Waals surface area (Å²) in [6.45, 7) is 7.85. The van der Waals surface area contributed by atoms with Crippen LogP contribution >= 0.6 is 0 Å². The first kappa shape index (κ1) is 14.7. The van der Waals surface area contributed by atoms with Crippen LogP contribution in [0.15, 0.2) is 0 Å². The van der Waals surface area contributed by atoms with Gasteiger partial charge in [-0.1, -0.05) is 20.8 Å². The van der Waals surface area contributed by atoms with Crippen LogP contribution in [0.2, 0.25) is 0 Å². The largest absolute Gasteiger partial charge is 0.480 e. The zero-order valence-corrected chi connectivity index (χ0v) is 10.7. The number of amides is 2. The Morgan fingerprint density at radius 3 is 2.25 bits per heavy atom. The molecule has 2 N–H and O–H groups in total. The number of nitrogens with one attached hydrogen (secondary N) is 1. The SMILES string of the molecule is CCC(C)(NC(=O)N(C)CC(C)C)C(=O)O. The molecule has 0 aromatic heterocycles. The van der Waals surface area contributed by atoms with Crippen molar-refractivity contribution in [1.29, 1.82) is 0 Å². The summed E-state index contributed by atoms with van der Waals surface area (Å²) in [4.78, 5) is 24.2. The molecule has 94 valence electrons. The summed E-state index contributed by atoms with van der Waals surface area (Å²) in [6, 6.07) is -0.347. The summed E-state index contributed by atoms with van der Waals surface area (Å²) in [6.07, 6.45) is 0.351. The summed E-state index contributed by atoms with van der Waals surface area (Å²) in [5.74, 6) is -0.658. The van der Waals surface area contributed by atoms with Crippen molar-refractivity contribution in [1.82, 2.24) is 10.2 Å². The number of carbonyl (C=O) groups excluding carboxylic acids is 1. The van der Waals surface area contributed by atoms with E-state index in [1.54, 1.807) is 14.0 Å². The molecular formula is C11H22N2O3. The molecule has 5 heteroatoms. The first-order valence-electron chi connectivity index (χ1n) is 5.49. The Morgan fingerprint density at radius 2 is 1.94 bits per heavy atom. The highest BCUT2D eigenvalue weighted by molar-refractivity contribution is 5.85. The molecule has 1 atom stereocenters. The van der Waals surface area contributed by atoms with Crippen LogP contribution in [0.4, 0.5) is 4.79 Å². The molecule has 0 fully saturated rings. The van der Waals surface area contributed by atoms with E-state index in [-0.39, 0.29) is 6.03 Å². The van der Waals surface area contributed by atoms with Gasteiger partial charge < -0.3 is 15.3 Å². The molecule has 0 aliphatic heterocycles. The molecule has 0 heterocycles. The standard InChI is InChI=1S/C11H22N2O3/c1-6-11(4,9(14)15)12-10(16)13(5)7-8(2)3/h8H,6-7H2,1-5H3,(H,12,16)(H,14,15). The second-order valence-corrected chi connectivity index (χ2v) is 4.70. The van der Waals surface area contributed by atoms with E-state index in [0.717, 1.165) is 0 Å². The topological polar surface area (TPSA) is 69.6 Å². The average Bonchev–Trinajstić information content (AvgIpc) is 2.16. The Kier molecular flexibility index (Phi) is 5.27. The van der Waals surface area contributed by atoms with Gasteiger partial charge in [-0.3, -0.25) is 0 Å². The minimum absolute atomic E-state index is 0.347. The van der Waals surface area contributed by atoms with Crippen LogP contribution in [0.5, 0.6) is 0 Å². The second-order valence-electron chi connectivity index (χ2n) is 4.70. The van der Waals surface area contributed by atoms with Crippen molar-refractivity contribution in [3.8, 4) is 0 Å². The van der Waals surface area contributed by atoms with Crippen molar-refractivity contribution in [2.45, 2.75) is 39.7 Å². The molecule has 0 saturated heterocycles. The number of rotatable bonds is 5. The molecule has 0 aliphatic rings. The Morgan fingerprint density at radius 1 is 1.44 bits per heavy atom. The Balaban J connectivity index is 4.48. The normalized spacial score (nSPS) is 14.4. The molecule has 0 rings (SSSR count). The van der Waals surface area contributed by atoms with Gasteiger partial charge in [-0.2, -0.15) is 0 Å². The number of hydrogen-bond acceptors (Lipinski definition) is 2. The van der Waals surface area contributed by atoms with Crippen molar-refractivity contribution in [3.63, 3.8) is 0 Å². The van der Waals surface area contributed by atoms with Gasteiger partial charge in [0, 0.05) is 13.6 Å². The average molecular weight is 230 g/mol. The minimum Gasteiger partial charge on any atom is -0.480 e. The molecule has 0 bridgehead atoms. The van der Waals surface area contributed by atoms with Crippen molar-refractivity contribution in [2.24, 2.45) is 5.92 Å². The van der Waals surface area contributed by atoms with E-state index in [2.05, 4.69) is 5.32 Å². The van der Waals surface area contributed by atoms with Crippen LogP contribution in [0.1, 0.15) is 34.1 Å². The summed E-state index contributed by atoms with van der Waals surface area (Å²) >= 11 is 0. The first-order valence-corrected chi connectivity index (χ1v) is 5.49. The maximum Gasteiger partial charge on any atom is 0.329 e. The third kappa shape index (κ3) is 4.08. The van der Waals surface area contributed by atoms with Gasteiger partial charge in [-0.15, -0.1) is 0 Å². The lowest BCUT2D eigenvalue weighted by Crippen LogP contribution is -2.55. The predicted molar refractivity (Wildman–Crippen MR) is 62.3 cm³/mol.